The number of fused-ring (bicyclic) bond motifs is 1. The third kappa shape index (κ3) is 2.94. The van der Waals surface area contributed by atoms with Crippen molar-refractivity contribution in [2.24, 2.45) is 0 Å². The van der Waals surface area contributed by atoms with E-state index in [1.54, 1.807) is 36.2 Å². The summed E-state index contributed by atoms with van der Waals surface area (Å²) < 4.78 is 5.66. The smallest absolute Gasteiger partial charge is 0.270 e. The van der Waals surface area contributed by atoms with Crippen LogP contribution in [0.15, 0.2) is 42.5 Å². The standard InChI is InChI=1S/C21H17Cl2N3O2/c1-26(20(27)18-10-15-17(25-18)6-5-16(22)19(15)23)21(7-8-28-12-21)14-4-2-3-13(9-14)11-24/h2-6,9-10,25H,7-8,12H2,1H3. The molecule has 0 aliphatic carbocycles. The van der Waals surface area contributed by atoms with E-state index < -0.39 is 5.54 Å². The third-order valence-corrected chi connectivity index (χ3v) is 6.22. The van der Waals surface area contributed by atoms with Gasteiger partial charge in [0, 0.05) is 31.0 Å². The van der Waals surface area contributed by atoms with Crippen LogP contribution in [0, 0.1) is 11.3 Å². The van der Waals surface area contributed by atoms with E-state index in [0.29, 0.717) is 46.3 Å². The molecule has 0 bridgehead atoms. The van der Waals surface area contributed by atoms with E-state index in [1.165, 1.54) is 0 Å². The number of likely N-dealkylation sites (N-methyl/N-ethyl adjacent to an activating group) is 1. The lowest BCUT2D eigenvalue weighted by molar-refractivity contribution is 0.0490. The van der Waals surface area contributed by atoms with Crippen molar-refractivity contribution in [2.75, 3.05) is 20.3 Å². The molecule has 1 atom stereocenters. The Kier molecular flexibility index (Phi) is 4.80. The summed E-state index contributed by atoms with van der Waals surface area (Å²) in [6.45, 7) is 0.916. The maximum Gasteiger partial charge on any atom is 0.270 e. The van der Waals surface area contributed by atoms with Crippen molar-refractivity contribution >= 4 is 40.0 Å². The summed E-state index contributed by atoms with van der Waals surface area (Å²) in [5.41, 5.74) is 1.97. The highest BCUT2D eigenvalue weighted by Gasteiger charge is 2.43. The van der Waals surface area contributed by atoms with Gasteiger partial charge in [0.15, 0.2) is 0 Å². The summed E-state index contributed by atoms with van der Waals surface area (Å²) in [6, 6.07) is 14.7. The molecule has 5 nitrogen and oxygen atoms in total. The molecular weight excluding hydrogens is 397 g/mol. The molecule has 2 heterocycles. The van der Waals surface area contributed by atoms with Gasteiger partial charge in [0.2, 0.25) is 0 Å². The molecule has 2 aromatic carbocycles. The zero-order valence-electron chi connectivity index (χ0n) is 15.1. The van der Waals surface area contributed by atoms with Crippen LogP contribution in [0.1, 0.15) is 28.0 Å². The fourth-order valence-electron chi connectivity index (χ4n) is 3.75. The third-order valence-electron chi connectivity index (χ3n) is 5.40. The van der Waals surface area contributed by atoms with Gasteiger partial charge in [0.05, 0.1) is 33.8 Å². The molecule has 142 valence electrons. The van der Waals surface area contributed by atoms with E-state index in [1.807, 2.05) is 18.2 Å². The number of nitriles is 1. The van der Waals surface area contributed by atoms with Crippen LogP contribution in [0.25, 0.3) is 10.9 Å². The van der Waals surface area contributed by atoms with Gasteiger partial charge in [-0.15, -0.1) is 0 Å². The summed E-state index contributed by atoms with van der Waals surface area (Å²) >= 11 is 12.4. The molecule has 1 saturated heterocycles. The molecule has 0 radical (unpaired) electrons. The van der Waals surface area contributed by atoms with Gasteiger partial charge in [0.25, 0.3) is 5.91 Å². The quantitative estimate of drug-likeness (QED) is 0.674. The highest BCUT2D eigenvalue weighted by atomic mass is 35.5. The Morgan fingerprint density at radius 2 is 2.11 bits per heavy atom. The molecule has 1 fully saturated rings. The summed E-state index contributed by atoms with van der Waals surface area (Å²) in [7, 11) is 1.76. The first-order chi connectivity index (χ1) is 13.5. The number of halogens is 2. The van der Waals surface area contributed by atoms with Crippen LogP contribution in [-0.2, 0) is 10.3 Å². The summed E-state index contributed by atoms with van der Waals surface area (Å²) in [4.78, 5) is 18.2. The second-order valence-electron chi connectivity index (χ2n) is 6.90. The first kappa shape index (κ1) is 18.8. The molecule has 3 aromatic rings. The number of aromatic amines is 1. The van der Waals surface area contributed by atoms with Crippen molar-refractivity contribution in [2.45, 2.75) is 12.0 Å². The van der Waals surface area contributed by atoms with Crippen molar-refractivity contribution in [3.8, 4) is 6.07 Å². The van der Waals surface area contributed by atoms with E-state index in [0.717, 1.165) is 11.1 Å². The van der Waals surface area contributed by atoms with Crippen LogP contribution < -0.4 is 0 Å². The molecule has 1 aromatic heterocycles. The van der Waals surface area contributed by atoms with Gasteiger partial charge in [-0.2, -0.15) is 5.26 Å². The number of nitrogens with one attached hydrogen (secondary N) is 1. The van der Waals surface area contributed by atoms with Crippen LogP contribution in [0.3, 0.4) is 0 Å². The maximum atomic E-state index is 13.3. The lowest BCUT2D eigenvalue weighted by Crippen LogP contribution is -2.48. The molecule has 1 unspecified atom stereocenters. The average Bonchev–Trinajstić information content (AvgIpc) is 3.38. The summed E-state index contributed by atoms with van der Waals surface area (Å²) in [6.07, 6.45) is 0.650. The Morgan fingerprint density at radius 1 is 1.29 bits per heavy atom. The lowest BCUT2D eigenvalue weighted by Gasteiger charge is -2.38. The van der Waals surface area contributed by atoms with E-state index in [2.05, 4.69) is 11.1 Å². The van der Waals surface area contributed by atoms with Crippen LogP contribution in [-0.4, -0.2) is 36.1 Å². The monoisotopic (exact) mass is 413 g/mol. The number of amides is 1. The molecule has 1 aliphatic heterocycles. The number of aromatic nitrogens is 1. The number of hydrogen-bond donors (Lipinski definition) is 1. The Labute approximate surface area is 172 Å². The van der Waals surface area contributed by atoms with Gasteiger partial charge in [-0.3, -0.25) is 4.79 Å². The summed E-state index contributed by atoms with van der Waals surface area (Å²) in [5.74, 6) is -0.184. The predicted octanol–water partition coefficient (Wildman–Crippen LogP) is 4.73. The number of benzene rings is 2. The van der Waals surface area contributed by atoms with Gasteiger partial charge in [-0.1, -0.05) is 35.3 Å². The molecule has 4 rings (SSSR count). The Morgan fingerprint density at radius 3 is 2.82 bits per heavy atom. The maximum absolute atomic E-state index is 13.3. The first-order valence-corrected chi connectivity index (χ1v) is 9.55. The number of nitrogens with zero attached hydrogens (tertiary/aromatic N) is 2. The largest absolute Gasteiger partial charge is 0.379 e. The highest BCUT2D eigenvalue weighted by Crippen LogP contribution is 2.38. The minimum atomic E-state index is -0.636. The second kappa shape index (κ2) is 7.14. The van der Waals surface area contributed by atoms with E-state index in [9.17, 15) is 10.1 Å². The molecule has 1 N–H and O–H groups in total. The van der Waals surface area contributed by atoms with Gasteiger partial charge < -0.3 is 14.6 Å². The number of carbonyl (C=O) groups excluding carboxylic acids is 1. The average molecular weight is 414 g/mol. The zero-order valence-corrected chi connectivity index (χ0v) is 16.6. The van der Waals surface area contributed by atoms with Crippen molar-refractivity contribution < 1.29 is 9.53 Å². The summed E-state index contributed by atoms with van der Waals surface area (Å²) in [5, 5.41) is 10.8. The van der Waals surface area contributed by atoms with Gasteiger partial charge >= 0.3 is 0 Å². The molecule has 28 heavy (non-hydrogen) atoms. The molecule has 1 aliphatic rings. The molecular formula is C21H17Cl2N3O2. The van der Waals surface area contributed by atoms with E-state index in [-0.39, 0.29) is 5.91 Å². The van der Waals surface area contributed by atoms with Crippen molar-refractivity contribution in [3.05, 3.63) is 69.3 Å². The van der Waals surface area contributed by atoms with E-state index in [4.69, 9.17) is 27.9 Å². The fourth-order valence-corrected chi connectivity index (χ4v) is 4.13. The molecule has 7 heteroatoms. The Hall–Kier alpha value is -2.52. The zero-order chi connectivity index (χ0) is 19.9. The van der Waals surface area contributed by atoms with Gasteiger partial charge in [0.1, 0.15) is 5.69 Å². The number of carbonyl (C=O) groups is 1. The molecule has 0 saturated carbocycles. The highest BCUT2D eigenvalue weighted by molar-refractivity contribution is 6.45. The van der Waals surface area contributed by atoms with Crippen LogP contribution in [0.5, 0.6) is 0 Å². The second-order valence-corrected chi connectivity index (χ2v) is 7.68. The molecule has 0 spiro atoms. The van der Waals surface area contributed by atoms with Crippen LogP contribution in [0.2, 0.25) is 10.0 Å². The van der Waals surface area contributed by atoms with Gasteiger partial charge in [-0.25, -0.2) is 0 Å². The number of hydrogen-bond acceptors (Lipinski definition) is 3. The van der Waals surface area contributed by atoms with Crippen molar-refractivity contribution in [1.82, 2.24) is 9.88 Å². The van der Waals surface area contributed by atoms with Crippen molar-refractivity contribution in [1.29, 1.82) is 5.26 Å². The fraction of sp³-hybridized carbons (Fsp3) is 0.238. The Balaban J connectivity index is 1.75. The van der Waals surface area contributed by atoms with Crippen molar-refractivity contribution in [3.63, 3.8) is 0 Å². The minimum Gasteiger partial charge on any atom is -0.379 e. The number of ether oxygens (including phenoxy) is 1. The van der Waals surface area contributed by atoms with E-state index >= 15 is 0 Å². The molecule has 1 amide bonds. The SMILES string of the molecule is CN(C(=O)c1cc2c(Cl)c(Cl)ccc2[nH]1)C1(c2cccc(C#N)c2)CCOC1. The number of rotatable bonds is 3. The van der Waals surface area contributed by atoms with Gasteiger partial charge in [-0.05, 0) is 35.9 Å². The normalized spacial score (nSPS) is 18.9. The topological polar surface area (TPSA) is 69.1 Å². The Bertz CT molecular complexity index is 1110. The predicted molar refractivity (Wildman–Crippen MR) is 109 cm³/mol. The first-order valence-electron chi connectivity index (χ1n) is 8.79. The van der Waals surface area contributed by atoms with Crippen LogP contribution in [0.4, 0.5) is 0 Å². The lowest BCUT2D eigenvalue weighted by atomic mass is 9.86. The van der Waals surface area contributed by atoms with Crippen LogP contribution >= 0.6 is 23.2 Å². The number of H-pyrrole nitrogens is 1. The minimum absolute atomic E-state index is 0.184.